The van der Waals surface area contributed by atoms with Crippen molar-refractivity contribution in [2.45, 2.75) is 10.8 Å². The van der Waals surface area contributed by atoms with Crippen molar-refractivity contribution < 1.29 is 21.7 Å². The summed E-state index contributed by atoms with van der Waals surface area (Å²) >= 11 is 0. The SMILES string of the molecule is CN1[C](C(c2ccccc2)(c2ccccc2)c2ccc[n-]2)[CH][CH][C]1C(c1ccccc1)(c1ccccc1)c1ccc[n-]1.[CH]([CH]c1ccccc1)c1ccccc1.[Ti+2]. The second-order valence-corrected chi connectivity index (χ2v) is 13.8. The quantitative estimate of drug-likeness (QED) is 0.123. The van der Waals surface area contributed by atoms with Crippen LogP contribution in [-0.4, -0.2) is 11.9 Å². The van der Waals surface area contributed by atoms with Crippen LogP contribution in [0.25, 0.3) is 0 Å². The van der Waals surface area contributed by atoms with Crippen LogP contribution in [0.4, 0.5) is 0 Å². The zero-order chi connectivity index (χ0) is 38.0. The predicted octanol–water partition coefficient (Wildman–Crippen LogP) is 10.9. The van der Waals surface area contributed by atoms with Crippen molar-refractivity contribution in [3.8, 4) is 0 Å². The van der Waals surface area contributed by atoms with E-state index < -0.39 is 10.8 Å². The molecule has 1 aliphatic rings. The van der Waals surface area contributed by atoms with Crippen LogP contribution in [0.15, 0.2) is 219 Å². The molecule has 0 aliphatic carbocycles. The van der Waals surface area contributed by atoms with E-state index in [0.717, 1.165) is 23.5 Å². The standard InChI is InChI=1S/C39H31N3.C14H12.Ti/c1-42-36(38(34-24-14-28-40-34,30-16-6-2-7-17-30)31-18-8-3-9-19-31)26-27-37(42)39(35-25-15-29-41-35,32-20-10-4-11-21-32)33-22-12-5-13-23-33;1-3-7-13(8-4-1)11-12-14-9-5-2-6-10-14;/h2-29H,1H3;1-12H;/q-2;;+2. The van der Waals surface area contributed by atoms with Gasteiger partial charge >= 0.3 is 21.7 Å². The third-order valence-electron chi connectivity index (χ3n) is 10.7. The first-order valence-corrected chi connectivity index (χ1v) is 19.1. The number of benzene rings is 6. The maximum absolute atomic E-state index is 4.97. The first-order valence-electron chi connectivity index (χ1n) is 19.1. The van der Waals surface area contributed by atoms with Crippen molar-refractivity contribution in [1.82, 2.24) is 14.9 Å². The fourth-order valence-electron chi connectivity index (χ4n) is 8.16. The van der Waals surface area contributed by atoms with E-state index in [1.807, 2.05) is 60.9 Å². The number of hydrogen-bond donors (Lipinski definition) is 0. The molecule has 0 bridgehead atoms. The number of nitrogens with zero attached hydrogens (tertiary/aromatic N) is 3. The van der Waals surface area contributed by atoms with E-state index >= 15 is 0 Å². The van der Waals surface area contributed by atoms with Gasteiger partial charge in [0.05, 0.1) is 12.1 Å². The van der Waals surface area contributed by atoms with E-state index in [4.69, 9.17) is 9.97 Å². The van der Waals surface area contributed by atoms with Gasteiger partial charge in [0.1, 0.15) is 0 Å². The first kappa shape index (κ1) is 39.8. The van der Waals surface area contributed by atoms with Crippen molar-refractivity contribution in [3.63, 3.8) is 0 Å². The molecule has 0 spiro atoms. The summed E-state index contributed by atoms with van der Waals surface area (Å²) < 4.78 is 0. The van der Waals surface area contributed by atoms with E-state index in [2.05, 4.69) is 195 Å². The molecular formula is C53H43N3Ti. The molecule has 0 amide bonds. The van der Waals surface area contributed by atoms with Crippen LogP contribution in [-0.2, 0) is 32.5 Å². The van der Waals surface area contributed by atoms with Gasteiger partial charge in [0.2, 0.25) is 0 Å². The van der Waals surface area contributed by atoms with Crippen molar-refractivity contribution in [1.29, 1.82) is 0 Å². The Labute approximate surface area is 353 Å². The predicted molar refractivity (Wildman–Crippen MR) is 228 cm³/mol. The number of hydrogen-bond acceptors (Lipinski definition) is 1. The molecule has 1 saturated heterocycles. The summed E-state index contributed by atoms with van der Waals surface area (Å²) in [7, 11) is 2.19. The van der Waals surface area contributed by atoms with E-state index in [0.29, 0.717) is 0 Å². The third-order valence-corrected chi connectivity index (χ3v) is 10.7. The summed E-state index contributed by atoms with van der Waals surface area (Å²) in [6, 6.07) is 74.2. The average Bonchev–Trinajstić information content (AvgIpc) is 4.09. The minimum atomic E-state index is -0.641. The second-order valence-electron chi connectivity index (χ2n) is 13.8. The Balaban J connectivity index is 0.000000279. The summed E-state index contributed by atoms with van der Waals surface area (Å²) in [6.07, 6.45) is 12.6. The van der Waals surface area contributed by atoms with Crippen LogP contribution >= 0.6 is 0 Å². The van der Waals surface area contributed by atoms with Gasteiger partial charge in [-0.1, -0.05) is 206 Å². The number of likely N-dealkylation sites (tertiary alicyclic amines) is 1. The monoisotopic (exact) mass is 769 g/mol. The molecule has 1 aliphatic heterocycles. The molecule has 0 N–H and O–H groups in total. The van der Waals surface area contributed by atoms with Crippen molar-refractivity contribution in [2.24, 2.45) is 0 Å². The summed E-state index contributed by atoms with van der Waals surface area (Å²) in [5.41, 5.74) is 7.83. The van der Waals surface area contributed by atoms with Gasteiger partial charge in [0.25, 0.3) is 0 Å². The van der Waals surface area contributed by atoms with Gasteiger partial charge in [-0.3, -0.25) is 4.90 Å². The molecule has 274 valence electrons. The van der Waals surface area contributed by atoms with Crippen LogP contribution in [0.3, 0.4) is 0 Å². The smallest absolute Gasteiger partial charge is 0.667 e. The Hall–Kier alpha value is -5.45. The van der Waals surface area contributed by atoms with Gasteiger partial charge in [0.15, 0.2) is 0 Å². The van der Waals surface area contributed by atoms with Crippen LogP contribution in [0, 0.1) is 37.8 Å². The van der Waals surface area contributed by atoms with Crippen molar-refractivity contribution in [3.05, 3.63) is 301 Å². The molecule has 0 atom stereocenters. The molecule has 0 unspecified atom stereocenters. The van der Waals surface area contributed by atoms with Gasteiger partial charge in [-0.05, 0) is 66.1 Å². The first-order chi connectivity index (χ1) is 27.7. The van der Waals surface area contributed by atoms with Crippen LogP contribution in [0.1, 0.15) is 44.8 Å². The molecule has 2 aromatic heterocycles. The van der Waals surface area contributed by atoms with Gasteiger partial charge in [-0.2, -0.15) is 12.4 Å². The van der Waals surface area contributed by atoms with Crippen LogP contribution < -0.4 is 9.97 Å². The van der Waals surface area contributed by atoms with E-state index in [9.17, 15) is 0 Å². The van der Waals surface area contributed by atoms with Crippen molar-refractivity contribution in [2.75, 3.05) is 7.05 Å². The Bertz CT molecular complexity index is 2060. The summed E-state index contributed by atoms with van der Waals surface area (Å²) in [4.78, 5) is 12.3. The normalized spacial score (nSPS) is 13.7. The molecule has 0 saturated carbocycles. The Morgan fingerprint density at radius 2 is 0.649 bits per heavy atom. The molecule has 3 nitrogen and oxygen atoms in total. The molecule has 3 heterocycles. The topological polar surface area (TPSA) is 31.4 Å². The van der Waals surface area contributed by atoms with E-state index in [1.54, 1.807) is 0 Å². The van der Waals surface area contributed by atoms with E-state index in [-0.39, 0.29) is 21.7 Å². The molecule has 1 fully saturated rings. The molecule has 57 heavy (non-hydrogen) atoms. The van der Waals surface area contributed by atoms with Crippen LogP contribution in [0.2, 0.25) is 0 Å². The molecule has 6 aromatic carbocycles. The fraction of sp³-hybridized carbons (Fsp3) is 0.0566. The molecular weight excluding hydrogens is 726 g/mol. The Morgan fingerprint density at radius 3 is 0.912 bits per heavy atom. The Kier molecular flexibility index (Phi) is 13.0. The van der Waals surface area contributed by atoms with Gasteiger partial charge in [-0.15, -0.1) is 11.4 Å². The van der Waals surface area contributed by atoms with Gasteiger partial charge in [0, 0.05) is 10.8 Å². The third kappa shape index (κ3) is 7.94. The second kappa shape index (κ2) is 18.7. The zero-order valence-corrected chi connectivity index (χ0v) is 33.5. The van der Waals surface area contributed by atoms with Crippen LogP contribution in [0.5, 0.6) is 0 Å². The zero-order valence-electron chi connectivity index (χ0n) is 31.9. The van der Waals surface area contributed by atoms with Gasteiger partial charge in [-0.25, -0.2) is 0 Å². The summed E-state index contributed by atoms with van der Waals surface area (Å²) in [5, 5.41) is 0. The average molecular weight is 770 g/mol. The number of aromatic nitrogens is 2. The minimum absolute atomic E-state index is 0. The van der Waals surface area contributed by atoms with Gasteiger partial charge < -0.3 is 9.97 Å². The fourth-order valence-corrected chi connectivity index (χ4v) is 8.16. The maximum atomic E-state index is 4.97. The maximum Gasteiger partial charge on any atom is 2.00 e. The Morgan fingerprint density at radius 1 is 0.368 bits per heavy atom. The van der Waals surface area contributed by atoms with Crippen molar-refractivity contribution >= 4 is 0 Å². The molecule has 8 aromatic rings. The molecule has 4 heteroatoms. The van der Waals surface area contributed by atoms with E-state index in [1.165, 1.54) is 33.4 Å². The largest absolute Gasteiger partial charge is 2.00 e. The molecule has 9 rings (SSSR count). The number of rotatable bonds is 11. The number of likely N-dealkylation sites (N-methyl/N-ethyl adjacent to an activating group) is 1. The summed E-state index contributed by atoms with van der Waals surface area (Å²) in [6.45, 7) is 0. The summed E-state index contributed by atoms with van der Waals surface area (Å²) in [5.74, 6) is 0. The molecule has 6 radical (unpaired) electrons. The minimum Gasteiger partial charge on any atom is -0.667 e.